The fourth-order valence-corrected chi connectivity index (χ4v) is 2.75. The zero-order chi connectivity index (χ0) is 9.68. The lowest BCUT2D eigenvalue weighted by Gasteiger charge is -2.33. The summed E-state index contributed by atoms with van der Waals surface area (Å²) in [7, 11) is 0. The van der Waals surface area contributed by atoms with E-state index in [4.69, 9.17) is 5.73 Å². The van der Waals surface area contributed by atoms with Gasteiger partial charge in [-0.25, -0.2) is 0 Å². The molecule has 2 N–H and O–H groups in total. The molecular formula is C12H25N. The Bertz CT molecular complexity index is 127. The summed E-state index contributed by atoms with van der Waals surface area (Å²) in [6, 6.07) is 0. The van der Waals surface area contributed by atoms with E-state index in [9.17, 15) is 0 Å². The molecule has 1 nitrogen and oxygen atoms in total. The topological polar surface area (TPSA) is 26.0 Å². The Balaban J connectivity index is 2.43. The van der Waals surface area contributed by atoms with E-state index in [1.807, 2.05) is 0 Å². The van der Waals surface area contributed by atoms with Crippen molar-refractivity contribution >= 4 is 0 Å². The Hall–Kier alpha value is -0.0400. The van der Waals surface area contributed by atoms with E-state index in [0.29, 0.717) is 0 Å². The highest BCUT2D eigenvalue weighted by atomic mass is 14.6. The van der Waals surface area contributed by atoms with Crippen molar-refractivity contribution in [3.05, 3.63) is 0 Å². The van der Waals surface area contributed by atoms with Gasteiger partial charge >= 0.3 is 0 Å². The molecule has 1 rings (SSSR count). The zero-order valence-corrected chi connectivity index (χ0v) is 9.26. The molecule has 1 heteroatoms. The van der Waals surface area contributed by atoms with E-state index >= 15 is 0 Å². The molecule has 0 saturated heterocycles. The fourth-order valence-electron chi connectivity index (χ4n) is 2.75. The van der Waals surface area contributed by atoms with Crippen molar-refractivity contribution in [1.29, 1.82) is 0 Å². The highest BCUT2D eigenvalue weighted by Gasteiger charge is 2.25. The van der Waals surface area contributed by atoms with Gasteiger partial charge in [-0.3, -0.25) is 0 Å². The number of hydrogen-bond donors (Lipinski definition) is 1. The predicted octanol–water partition coefficient (Wildman–Crippen LogP) is 3.19. The number of rotatable bonds is 4. The molecule has 1 fully saturated rings. The molecule has 0 heterocycles. The molecule has 0 bridgehead atoms. The third-order valence-electron chi connectivity index (χ3n) is 3.90. The van der Waals surface area contributed by atoms with Crippen molar-refractivity contribution in [2.24, 2.45) is 23.5 Å². The Labute approximate surface area is 83.1 Å². The number of nitrogens with two attached hydrogens (primary N) is 1. The van der Waals surface area contributed by atoms with Crippen LogP contribution in [-0.2, 0) is 0 Å². The van der Waals surface area contributed by atoms with Crippen LogP contribution < -0.4 is 5.73 Å². The standard InChI is InChI=1S/C12H25N/c1-3-10(2)12(9-13)11-7-5-4-6-8-11/h10-12H,3-9,13H2,1-2H3. The minimum absolute atomic E-state index is 0.797. The summed E-state index contributed by atoms with van der Waals surface area (Å²) in [5.74, 6) is 2.56. The third-order valence-corrected chi connectivity index (χ3v) is 3.90. The molecule has 0 radical (unpaired) electrons. The van der Waals surface area contributed by atoms with Crippen molar-refractivity contribution in [3.8, 4) is 0 Å². The van der Waals surface area contributed by atoms with Gasteiger partial charge in [0.15, 0.2) is 0 Å². The van der Waals surface area contributed by atoms with Crippen molar-refractivity contribution in [1.82, 2.24) is 0 Å². The second kappa shape index (κ2) is 5.64. The van der Waals surface area contributed by atoms with Crippen molar-refractivity contribution in [3.63, 3.8) is 0 Å². The van der Waals surface area contributed by atoms with Crippen LogP contribution in [0, 0.1) is 17.8 Å². The van der Waals surface area contributed by atoms with E-state index in [2.05, 4.69) is 13.8 Å². The first-order valence-corrected chi connectivity index (χ1v) is 5.99. The number of hydrogen-bond acceptors (Lipinski definition) is 1. The van der Waals surface area contributed by atoms with Gasteiger partial charge in [0, 0.05) is 0 Å². The average Bonchev–Trinajstić information content (AvgIpc) is 2.20. The maximum atomic E-state index is 5.88. The molecule has 0 aromatic carbocycles. The first-order chi connectivity index (χ1) is 6.29. The van der Waals surface area contributed by atoms with Gasteiger partial charge < -0.3 is 5.73 Å². The largest absolute Gasteiger partial charge is 0.330 e. The minimum Gasteiger partial charge on any atom is -0.330 e. The zero-order valence-electron chi connectivity index (χ0n) is 9.26. The normalized spacial score (nSPS) is 24.2. The van der Waals surface area contributed by atoms with E-state index in [1.54, 1.807) is 0 Å². The monoisotopic (exact) mass is 183 g/mol. The smallest absolute Gasteiger partial charge is 0.00437 e. The highest BCUT2D eigenvalue weighted by molar-refractivity contribution is 4.77. The molecule has 0 aromatic heterocycles. The van der Waals surface area contributed by atoms with Gasteiger partial charge in [-0.2, -0.15) is 0 Å². The minimum atomic E-state index is 0.797. The van der Waals surface area contributed by atoms with Gasteiger partial charge in [0.05, 0.1) is 0 Å². The molecule has 0 spiro atoms. The highest BCUT2D eigenvalue weighted by Crippen LogP contribution is 2.34. The quantitative estimate of drug-likeness (QED) is 0.711. The van der Waals surface area contributed by atoms with E-state index < -0.39 is 0 Å². The summed E-state index contributed by atoms with van der Waals surface area (Å²) < 4.78 is 0. The molecule has 2 atom stereocenters. The van der Waals surface area contributed by atoms with Crippen molar-refractivity contribution in [2.75, 3.05) is 6.54 Å². The molecule has 1 saturated carbocycles. The van der Waals surface area contributed by atoms with Crippen LogP contribution in [0.1, 0.15) is 52.4 Å². The van der Waals surface area contributed by atoms with Crippen molar-refractivity contribution < 1.29 is 0 Å². The van der Waals surface area contributed by atoms with Crippen LogP contribution in [0.4, 0.5) is 0 Å². The van der Waals surface area contributed by atoms with Gasteiger partial charge in [-0.15, -0.1) is 0 Å². The summed E-state index contributed by atoms with van der Waals surface area (Å²) in [6.45, 7) is 5.56. The molecule has 13 heavy (non-hydrogen) atoms. The average molecular weight is 183 g/mol. The Kier molecular flexibility index (Phi) is 4.79. The second-order valence-electron chi connectivity index (χ2n) is 4.68. The lowest BCUT2D eigenvalue weighted by Crippen LogP contribution is -2.30. The van der Waals surface area contributed by atoms with Gasteiger partial charge in [0.25, 0.3) is 0 Å². The van der Waals surface area contributed by atoms with E-state index in [-0.39, 0.29) is 0 Å². The van der Waals surface area contributed by atoms with E-state index in [0.717, 1.165) is 24.3 Å². The van der Waals surface area contributed by atoms with Gasteiger partial charge in [-0.05, 0) is 24.3 Å². The predicted molar refractivity (Wildman–Crippen MR) is 58.6 cm³/mol. The molecular weight excluding hydrogens is 158 g/mol. The van der Waals surface area contributed by atoms with Crippen LogP contribution in [0.25, 0.3) is 0 Å². The first-order valence-electron chi connectivity index (χ1n) is 5.99. The Morgan fingerprint density at radius 1 is 1.23 bits per heavy atom. The molecule has 1 aliphatic rings. The SMILES string of the molecule is CCC(C)C(CN)C1CCCCC1. The summed E-state index contributed by atoms with van der Waals surface area (Å²) >= 11 is 0. The lowest BCUT2D eigenvalue weighted by molar-refractivity contribution is 0.189. The van der Waals surface area contributed by atoms with Gasteiger partial charge in [0.1, 0.15) is 0 Å². The van der Waals surface area contributed by atoms with Crippen LogP contribution >= 0.6 is 0 Å². The summed E-state index contributed by atoms with van der Waals surface area (Å²) in [6.07, 6.45) is 8.50. The molecule has 2 unspecified atom stereocenters. The summed E-state index contributed by atoms with van der Waals surface area (Å²) in [4.78, 5) is 0. The van der Waals surface area contributed by atoms with Gasteiger partial charge in [-0.1, -0.05) is 52.4 Å². The first kappa shape index (κ1) is 11.0. The second-order valence-corrected chi connectivity index (χ2v) is 4.68. The van der Waals surface area contributed by atoms with Crippen LogP contribution in [0.15, 0.2) is 0 Å². The molecule has 1 aliphatic carbocycles. The van der Waals surface area contributed by atoms with Crippen LogP contribution in [0.3, 0.4) is 0 Å². The molecule has 0 amide bonds. The Morgan fingerprint density at radius 3 is 2.31 bits per heavy atom. The van der Waals surface area contributed by atoms with Crippen LogP contribution in [0.5, 0.6) is 0 Å². The maximum Gasteiger partial charge on any atom is -0.00437 e. The maximum absolute atomic E-state index is 5.88. The van der Waals surface area contributed by atoms with Crippen molar-refractivity contribution in [2.45, 2.75) is 52.4 Å². The Morgan fingerprint density at radius 2 is 1.85 bits per heavy atom. The molecule has 0 aromatic rings. The van der Waals surface area contributed by atoms with Gasteiger partial charge in [0.2, 0.25) is 0 Å². The lowest BCUT2D eigenvalue weighted by atomic mass is 9.74. The summed E-state index contributed by atoms with van der Waals surface area (Å²) in [5, 5.41) is 0. The van der Waals surface area contributed by atoms with E-state index in [1.165, 1.54) is 38.5 Å². The fraction of sp³-hybridized carbons (Fsp3) is 1.00. The molecule has 0 aliphatic heterocycles. The third kappa shape index (κ3) is 2.98. The van der Waals surface area contributed by atoms with Crippen LogP contribution in [0.2, 0.25) is 0 Å². The summed E-state index contributed by atoms with van der Waals surface area (Å²) in [5.41, 5.74) is 5.88. The molecule has 78 valence electrons. The van der Waals surface area contributed by atoms with Crippen LogP contribution in [-0.4, -0.2) is 6.54 Å².